The summed E-state index contributed by atoms with van der Waals surface area (Å²) in [5.74, 6) is 6.88. The van der Waals surface area contributed by atoms with Gasteiger partial charge in [0.05, 0.1) is 6.21 Å². The number of rotatable bonds is 4. The van der Waals surface area contributed by atoms with Crippen molar-refractivity contribution in [3.63, 3.8) is 0 Å². The lowest BCUT2D eigenvalue weighted by Gasteiger charge is -1.99. The minimum Gasteiger partial charge on any atom is -0.335 e. The standard InChI is InChI=1S/C9H12N6S/c1-2-8-12-14-9(15(8)10)13-11-6-7-4-3-5-16-7/h3-6H,2,10H2,1H3,(H,13,14)/b11-6-. The average molecular weight is 236 g/mol. The van der Waals surface area contributed by atoms with E-state index in [0.29, 0.717) is 11.8 Å². The molecule has 7 heteroatoms. The van der Waals surface area contributed by atoms with Gasteiger partial charge in [-0.25, -0.2) is 10.1 Å². The molecule has 2 rings (SSSR count). The monoisotopic (exact) mass is 236 g/mol. The second kappa shape index (κ2) is 4.75. The van der Waals surface area contributed by atoms with Gasteiger partial charge in [-0.2, -0.15) is 5.10 Å². The Kier molecular flexibility index (Phi) is 3.16. The Morgan fingerprint density at radius 3 is 3.12 bits per heavy atom. The van der Waals surface area contributed by atoms with Crippen molar-refractivity contribution < 1.29 is 0 Å². The van der Waals surface area contributed by atoms with Crippen molar-refractivity contribution in [2.45, 2.75) is 13.3 Å². The molecule has 3 N–H and O–H groups in total. The Morgan fingerprint density at radius 2 is 2.50 bits per heavy atom. The van der Waals surface area contributed by atoms with Crippen molar-refractivity contribution >= 4 is 23.5 Å². The van der Waals surface area contributed by atoms with Crippen molar-refractivity contribution in [1.29, 1.82) is 0 Å². The summed E-state index contributed by atoms with van der Waals surface area (Å²) in [6.45, 7) is 1.96. The number of anilines is 1. The zero-order valence-electron chi connectivity index (χ0n) is 8.79. The van der Waals surface area contributed by atoms with E-state index in [1.807, 2.05) is 24.4 Å². The molecule has 0 bridgehead atoms. The number of nitrogens with one attached hydrogen (secondary N) is 1. The Morgan fingerprint density at radius 1 is 1.62 bits per heavy atom. The third-order valence-electron chi connectivity index (χ3n) is 1.98. The molecule has 2 aromatic heterocycles. The molecule has 6 nitrogen and oxygen atoms in total. The molecular formula is C9H12N6S. The van der Waals surface area contributed by atoms with Gasteiger partial charge in [0.25, 0.3) is 5.95 Å². The Balaban J connectivity index is 2.02. The van der Waals surface area contributed by atoms with E-state index < -0.39 is 0 Å². The first-order valence-electron chi connectivity index (χ1n) is 4.83. The number of thiophene rings is 1. The molecule has 0 aliphatic heterocycles. The molecule has 0 aliphatic carbocycles. The fourth-order valence-electron chi connectivity index (χ4n) is 1.16. The second-order valence-electron chi connectivity index (χ2n) is 3.05. The summed E-state index contributed by atoms with van der Waals surface area (Å²) in [5.41, 5.74) is 2.75. The molecule has 16 heavy (non-hydrogen) atoms. The van der Waals surface area contributed by atoms with Crippen LogP contribution in [0.2, 0.25) is 0 Å². The first-order chi connectivity index (χ1) is 7.81. The van der Waals surface area contributed by atoms with Crippen LogP contribution in [0.1, 0.15) is 17.6 Å². The number of nitrogens with zero attached hydrogens (tertiary/aromatic N) is 4. The highest BCUT2D eigenvalue weighted by atomic mass is 32.1. The Bertz CT molecular complexity index is 472. The van der Waals surface area contributed by atoms with Gasteiger partial charge in [0, 0.05) is 11.3 Å². The lowest BCUT2D eigenvalue weighted by Crippen LogP contribution is -2.14. The lowest BCUT2D eigenvalue weighted by atomic mass is 10.5. The normalized spacial score (nSPS) is 11.1. The third kappa shape index (κ3) is 2.19. The van der Waals surface area contributed by atoms with Crippen LogP contribution >= 0.6 is 11.3 Å². The highest BCUT2D eigenvalue weighted by Gasteiger charge is 2.05. The predicted molar refractivity (Wildman–Crippen MR) is 65.1 cm³/mol. The minimum atomic E-state index is 0.435. The first kappa shape index (κ1) is 10.6. The van der Waals surface area contributed by atoms with E-state index >= 15 is 0 Å². The van der Waals surface area contributed by atoms with E-state index in [2.05, 4.69) is 20.7 Å². The van der Waals surface area contributed by atoms with Crippen LogP contribution in [0.15, 0.2) is 22.6 Å². The number of hydrogen-bond acceptors (Lipinski definition) is 6. The van der Waals surface area contributed by atoms with Gasteiger partial charge in [0.2, 0.25) is 0 Å². The summed E-state index contributed by atoms with van der Waals surface area (Å²) in [6, 6.07) is 3.94. The lowest BCUT2D eigenvalue weighted by molar-refractivity contribution is 0.855. The maximum Gasteiger partial charge on any atom is 0.263 e. The predicted octanol–water partition coefficient (Wildman–Crippen LogP) is 1.06. The molecule has 0 saturated heterocycles. The maximum absolute atomic E-state index is 5.73. The van der Waals surface area contributed by atoms with Crippen molar-refractivity contribution in [2.24, 2.45) is 5.10 Å². The van der Waals surface area contributed by atoms with Crippen LogP contribution < -0.4 is 11.3 Å². The number of hydrazone groups is 1. The number of aromatic nitrogens is 3. The van der Waals surface area contributed by atoms with Gasteiger partial charge in [-0.15, -0.1) is 21.5 Å². The molecule has 0 fully saturated rings. The molecule has 0 aliphatic rings. The van der Waals surface area contributed by atoms with E-state index in [-0.39, 0.29) is 0 Å². The molecule has 0 amide bonds. The first-order valence-corrected chi connectivity index (χ1v) is 5.71. The number of nitrogen functional groups attached to an aromatic ring is 1. The molecule has 2 heterocycles. The summed E-state index contributed by atoms with van der Waals surface area (Å²) in [5, 5.41) is 13.8. The largest absolute Gasteiger partial charge is 0.335 e. The van der Waals surface area contributed by atoms with E-state index in [1.54, 1.807) is 17.6 Å². The Labute approximate surface area is 96.8 Å². The van der Waals surface area contributed by atoms with Crippen LogP contribution in [0.3, 0.4) is 0 Å². The number of aryl methyl sites for hydroxylation is 1. The summed E-state index contributed by atoms with van der Waals surface area (Å²) >= 11 is 1.61. The average Bonchev–Trinajstić information content (AvgIpc) is 2.90. The summed E-state index contributed by atoms with van der Waals surface area (Å²) < 4.78 is 1.39. The van der Waals surface area contributed by atoms with E-state index in [0.717, 1.165) is 11.3 Å². The zero-order valence-corrected chi connectivity index (χ0v) is 9.61. The smallest absolute Gasteiger partial charge is 0.263 e. The van der Waals surface area contributed by atoms with Gasteiger partial charge in [0.1, 0.15) is 0 Å². The van der Waals surface area contributed by atoms with Crippen LogP contribution in [0, 0.1) is 0 Å². The third-order valence-corrected chi connectivity index (χ3v) is 2.79. The molecule has 0 aromatic carbocycles. The topological polar surface area (TPSA) is 81.1 Å². The molecule has 84 valence electrons. The molecule has 0 unspecified atom stereocenters. The summed E-state index contributed by atoms with van der Waals surface area (Å²) in [7, 11) is 0. The molecule has 0 spiro atoms. The van der Waals surface area contributed by atoms with E-state index in [9.17, 15) is 0 Å². The van der Waals surface area contributed by atoms with Crippen LogP contribution in [-0.2, 0) is 6.42 Å². The highest BCUT2D eigenvalue weighted by Crippen LogP contribution is 2.06. The van der Waals surface area contributed by atoms with Crippen LogP contribution in [-0.4, -0.2) is 21.1 Å². The Hall–Kier alpha value is -1.89. The van der Waals surface area contributed by atoms with Crippen LogP contribution in [0.25, 0.3) is 0 Å². The minimum absolute atomic E-state index is 0.435. The van der Waals surface area contributed by atoms with Crippen molar-refractivity contribution in [1.82, 2.24) is 14.9 Å². The van der Waals surface area contributed by atoms with E-state index in [4.69, 9.17) is 5.84 Å². The van der Waals surface area contributed by atoms with E-state index in [1.165, 1.54) is 4.68 Å². The molecule has 0 saturated carbocycles. The SMILES string of the molecule is CCc1nnc(N/N=C\c2cccs2)n1N. The quantitative estimate of drug-likeness (QED) is 0.472. The van der Waals surface area contributed by atoms with Crippen molar-refractivity contribution in [2.75, 3.05) is 11.3 Å². The second-order valence-corrected chi connectivity index (χ2v) is 4.03. The van der Waals surface area contributed by atoms with Crippen LogP contribution in [0.4, 0.5) is 5.95 Å². The molecule has 0 radical (unpaired) electrons. The van der Waals surface area contributed by atoms with Gasteiger partial charge < -0.3 is 5.84 Å². The van der Waals surface area contributed by atoms with Gasteiger partial charge in [0.15, 0.2) is 5.82 Å². The van der Waals surface area contributed by atoms with Gasteiger partial charge in [-0.3, -0.25) is 0 Å². The fraction of sp³-hybridized carbons (Fsp3) is 0.222. The number of nitrogens with two attached hydrogens (primary N) is 1. The van der Waals surface area contributed by atoms with Crippen molar-refractivity contribution in [3.05, 3.63) is 28.2 Å². The molecular weight excluding hydrogens is 224 g/mol. The van der Waals surface area contributed by atoms with Gasteiger partial charge >= 0.3 is 0 Å². The molecule has 2 aromatic rings. The van der Waals surface area contributed by atoms with Crippen molar-refractivity contribution in [3.8, 4) is 0 Å². The maximum atomic E-state index is 5.73. The fourth-order valence-corrected chi connectivity index (χ4v) is 1.74. The molecule has 0 atom stereocenters. The van der Waals surface area contributed by atoms with Gasteiger partial charge in [-0.1, -0.05) is 13.0 Å². The van der Waals surface area contributed by atoms with Crippen LogP contribution in [0.5, 0.6) is 0 Å². The summed E-state index contributed by atoms with van der Waals surface area (Å²) in [6.07, 6.45) is 2.45. The van der Waals surface area contributed by atoms with Gasteiger partial charge in [-0.05, 0) is 11.4 Å². The highest BCUT2D eigenvalue weighted by molar-refractivity contribution is 7.11. The zero-order chi connectivity index (χ0) is 11.4. The number of hydrogen-bond donors (Lipinski definition) is 2. The summed E-state index contributed by atoms with van der Waals surface area (Å²) in [4.78, 5) is 1.06.